The maximum atomic E-state index is 12.3. The van der Waals surface area contributed by atoms with Crippen molar-refractivity contribution in [2.24, 2.45) is 11.7 Å². The Labute approximate surface area is 121 Å². The Morgan fingerprint density at radius 3 is 3.10 bits per heavy atom. The number of fused-ring (bicyclic) bond motifs is 1. The summed E-state index contributed by atoms with van der Waals surface area (Å²) in [4.78, 5) is 22.6. The number of rotatable bonds is 4. The summed E-state index contributed by atoms with van der Waals surface area (Å²) in [5.74, 6) is -0.0399. The molecule has 0 aromatic carbocycles. The first kappa shape index (κ1) is 14.0. The SMILES string of the molecule is CCn1cc([N+](=O)[O-])cc1C(=O)NC1C(N)C2CCOC21. The minimum atomic E-state index is -0.506. The van der Waals surface area contributed by atoms with E-state index in [0.717, 1.165) is 6.42 Å². The van der Waals surface area contributed by atoms with Crippen LogP contribution in [0.15, 0.2) is 12.3 Å². The predicted octanol–water partition coefficient (Wildman–Crippen LogP) is 0.261. The molecule has 0 bridgehead atoms. The molecule has 2 heterocycles. The third-order valence-electron chi connectivity index (χ3n) is 4.41. The molecule has 3 rings (SSSR count). The Morgan fingerprint density at radius 2 is 2.43 bits per heavy atom. The first-order valence-corrected chi connectivity index (χ1v) is 7.05. The van der Waals surface area contributed by atoms with E-state index in [0.29, 0.717) is 19.1 Å². The summed E-state index contributed by atoms with van der Waals surface area (Å²) < 4.78 is 7.12. The Bertz CT molecular complexity index is 585. The van der Waals surface area contributed by atoms with Crippen LogP contribution in [-0.2, 0) is 11.3 Å². The normalized spacial score (nSPS) is 30.6. The van der Waals surface area contributed by atoms with Crippen molar-refractivity contribution in [2.45, 2.75) is 38.1 Å². The molecule has 114 valence electrons. The van der Waals surface area contributed by atoms with Gasteiger partial charge in [0.1, 0.15) is 5.69 Å². The summed E-state index contributed by atoms with van der Waals surface area (Å²) in [6, 6.07) is 0.960. The molecule has 1 saturated carbocycles. The number of nitro groups is 1. The molecule has 0 spiro atoms. The molecule has 2 aliphatic rings. The maximum Gasteiger partial charge on any atom is 0.287 e. The first-order chi connectivity index (χ1) is 10.0. The highest BCUT2D eigenvalue weighted by Crippen LogP contribution is 2.37. The second-order valence-electron chi connectivity index (χ2n) is 5.49. The lowest BCUT2D eigenvalue weighted by Crippen LogP contribution is -2.69. The van der Waals surface area contributed by atoms with Gasteiger partial charge < -0.3 is 20.4 Å². The number of amides is 1. The molecule has 1 saturated heterocycles. The highest BCUT2D eigenvalue weighted by molar-refractivity contribution is 5.94. The van der Waals surface area contributed by atoms with Gasteiger partial charge in [0.15, 0.2) is 0 Å². The summed E-state index contributed by atoms with van der Waals surface area (Å²) in [5, 5.41) is 13.7. The van der Waals surface area contributed by atoms with Gasteiger partial charge in [-0.2, -0.15) is 0 Å². The van der Waals surface area contributed by atoms with E-state index in [9.17, 15) is 14.9 Å². The number of ether oxygens (including phenoxy) is 1. The van der Waals surface area contributed by atoms with Crippen molar-refractivity contribution in [3.05, 3.63) is 28.1 Å². The van der Waals surface area contributed by atoms with Crippen LogP contribution in [0.5, 0.6) is 0 Å². The van der Waals surface area contributed by atoms with E-state index in [-0.39, 0.29) is 35.5 Å². The molecule has 1 aliphatic heterocycles. The van der Waals surface area contributed by atoms with E-state index in [1.54, 1.807) is 4.57 Å². The van der Waals surface area contributed by atoms with E-state index < -0.39 is 4.92 Å². The summed E-state index contributed by atoms with van der Waals surface area (Å²) in [6.45, 7) is 2.98. The third-order valence-corrected chi connectivity index (χ3v) is 4.41. The zero-order valence-corrected chi connectivity index (χ0v) is 11.7. The molecule has 8 heteroatoms. The molecular weight excluding hydrogens is 276 g/mol. The molecule has 8 nitrogen and oxygen atoms in total. The quantitative estimate of drug-likeness (QED) is 0.611. The van der Waals surface area contributed by atoms with Gasteiger partial charge >= 0.3 is 0 Å². The van der Waals surface area contributed by atoms with Gasteiger partial charge in [-0.1, -0.05) is 0 Å². The van der Waals surface area contributed by atoms with Gasteiger partial charge in [-0.25, -0.2) is 0 Å². The second kappa shape index (κ2) is 5.12. The highest BCUT2D eigenvalue weighted by atomic mass is 16.6. The van der Waals surface area contributed by atoms with Crippen molar-refractivity contribution in [3.63, 3.8) is 0 Å². The lowest BCUT2D eigenvalue weighted by Gasteiger charge is -2.45. The van der Waals surface area contributed by atoms with Crippen molar-refractivity contribution in [1.82, 2.24) is 9.88 Å². The fraction of sp³-hybridized carbons (Fsp3) is 0.615. The lowest BCUT2D eigenvalue weighted by molar-refractivity contribution is -0.384. The summed E-state index contributed by atoms with van der Waals surface area (Å²) in [5.41, 5.74) is 6.24. The average Bonchev–Trinajstić information content (AvgIpc) is 3.08. The number of hydrogen-bond acceptors (Lipinski definition) is 5. The van der Waals surface area contributed by atoms with Gasteiger partial charge in [0, 0.05) is 31.2 Å². The van der Waals surface area contributed by atoms with Crippen molar-refractivity contribution in [1.29, 1.82) is 0 Å². The van der Waals surface area contributed by atoms with Crippen molar-refractivity contribution in [2.75, 3.05) is 6.61 Å². The van der Waals surface area contributed by atoms with E-state index in [4.69, 9.17) is 10.5 Å². The average molecular weight is 294 g/mol. The Balaban J connectivity index is 1.75. The second-order valence-corrected chi connectivity index (χ2v) is 5.49. The molecule has 21 heavy (non-hydrogen) atoms. The molecule has 4 atom stereocenters. The highest BCUT2D eigenvalue weighted by Gasteiger charge is 2.52. The van der Waals surface area contributed by atoms with Crippen LogP contribution in [0.3, 0.4) is 0 Å². The van der Waals surface area contributed by atoms with E-state index in [1.165, 1.54) is 12.3 Å². The van der Waals surface area contributed by atoms with Crippen molar-refractivity contribution in [3.8, 4) is 0 Å². The number of nitrogens with one attached hydrogen (secondary N) is 1. The number of nitrogens with two attached hydrogens (primary N) is 1. The van der Waals surface area contributed by atoms with Gasteiger partial charge in [-0.05, 0) is 13.3 Å². The van der Waals surface area contributed by atoms with Gasteiger partial charge in [0.05, 0.1) is 23.3 Å². The van der Waals surface area contributed by atoms with E-state index in [2.05, 4.69) is 5.32 Å². The van der Waals surface area contributed by atoms with Gasteiger partial charge in [-0.15, -0.1) is 0 Å². The monoisotopic (exact) mass is 294 g/mol. The van der Waals surface area contributed by atoms with Crippen LogP contribution in [0.25, 0.3) is 0 Å². The van der Waals surface area contributed by atoms with Crippen LogP contribution in [0.2, 0.25) is 0 Å². The van der Waals surface area contributed by atoms with Crippen molar-refractivity contribution < 1.29 is 14.5 Å². The summed E-state index contributed by atoms with van der Waals surface area (Å²) >= 11 is 0. The van der Waals surface area contributed by atoms with Gasteiger partial charge in [0.25, 0.3) is 11.6 Å². The predicted molar refractivity (Wildman–Crippen MR) is 73.8 cm³/mol. The largest absolute Gasteiger partial charge is 0.376 e. The third kappa shape index (κ3) is 2.20. The molecule has 3 N–H and O–H groups in total. The van der Waals surface area contributed by atoms with Crippen LogP contribution in [-0.4, -0.2) is 40.2 Å². The van der Waals surface area contributed by atoms with Gasteiger partial charge in [-0.3, -0.25) is 14.9 Å². The molecule has 2 fully saturated rings. The molecule has 4 unspecified atom stereocenters. The maximum absolute atomic E-state index is 12.3. The Kier molecular flexibility index (Phi) is 3.42. The number of nitrogens with zero attached hydrogens (tertiary/aromatic N) is 2. The van der Waals surface area contributed by atoms with Crippen LogP contribution >= 0.6 is 0 Å². The summed E-state index contributed by atoms with van der Waals surface area (Å²) in [7, 11) is 0. The lowest BCUT2D eigenvalue weighted by atomic mass is 9.72. The molecule has 1 aliphatic carbocycles. The number of aromatic nitrogens is 1. The number of hydrogen-bond donors (Lipinski definition) is 2. The minimum absolute atomic E-state index is 0.0241. The summed E-state index contributed by atoms with van der Waals surface area (Å²) in [6.07, 6.45) is 2.27. The Hall–Kier alpha value is -1.93. The smallest absolute Gasteiger partial charge is 0.287 e. The van der Waals surface area contributed by atoms with Crippen molar-refractivity contribution >= 4 is 11.6 Å². The van der Waals surface area contributed by atoms with E-state index >= 15 is 0 Å². The first-order valence-electron chi connectivity index (χ1n) is 7.05. The number of aryl methyl sites for hydroxylation is 1. The standard InChI is InChI=1S/C13H18N4O4/c1-2-16-6-7(17(19)20)5-9(16)13(18)15-11-10(14)8-3-4-21-12(8)11/h5-6,8,10-12H,2-4,14H2,1H3,(H,15,18). The fourth-order valence-corrected chi connectivity index (χ4v) is 3.20. The zero-order valence-electron chi connectivity index (χ0n) is 11.7. The molecule has 1 aromatic rings. The topological polar surface area (TPSA) is 112 Å². The fourth-order valence-electron chi connectivity index (χ4n) is 3.20. The van der Waals surface area contributed by atoms with Gasteiger partial charge in [0.2, 0.25) is 0 Å². The number of carbonyl (C=O) groups is 1. The molecule has 1 aromatic heterocycles. The van der Waals surface area contributed by atoms with Crippen LogP contribution in [0.4, 0.5) is 5.69 Å². The minimum Gasteiger partial charge on any atom is -0.376 e. The zero-order chi connectivity index (χ0) is 15.1. The number of carbonyl (C=O) groups excluding carboxylic acids is 1. The molecule has 1 amide bonds. The molecular formula is C13H18N4O4. The molecule has 0 radical (unpaired) electrons. The van der Waals surface area contributed by atoms with Crippen LogP contribution in [0, 0.1) is 16.0 Å². The van der Waals surface area contributed by atoms with E-state index in [1.807, 2.05) is 6.92 Å². The Morgan fingerprint density at radius 1 is 1.67 bits per heavy atom. The van der Waals surface area contributed by atoms with Crippen LogP contribution in [0.1, 0.15) is 23.8 Å². The van der Waals surface area contributed by atoms with Crippen LogP contribution < -0.4 is 11.1 Å².